The first kappa shape index (κ1) is 16.7. The molecule has 2 fully saturated rings. The van der Waals surface area contributed by atoms with E-state index < -0.39 is 9.84 Å². The van der Waals surface area contributed by atoms with Crippen LogP contribution < -0.4 is 14.8 Å². The Bertz CT molecular complexity index is 775. The lowest BCUT2D eigenvalue weighted by Crippen LogP contribution is -2.31. The number of nitrogens with one attached hydrogen (secondary N) is 1. The van der Waals surface area contributed by atoms with Crippen molar-refractivity contribution in [3.8, 4) is 11.5 Å². The second-order valence-electron chi connectivity index (χ2n) is 7.28. The fourth-order valence-corrected chi connectivity index (χ4v) is 5.55. The van der Waals surface area contributed by atoms with Gasteiger partial charge in [0.15, 0.2) is 11.5 Å². The van der Waals surface area contributed by atoms with E-state index in [4.69, 9.17) is 9.47 Å². The molecule has 6 nitrogen and oxygen atoms in total. The van der Waals surface area contributed by atoms with Gasteiger partial charge in [-0.15, -0.1) is 0 Å². The molecule has 1 unspecified atom stereocenters. The van der Waals surface area contributed by atoms with Crippen molar-refractivity contribution in [1.82, 2.24) is 5.32 Å². The van der Waals surface area contributed by atoms with Gasteiger partial charge in [-0.05, 0) is 30.7 Å². The molecule has 1 atom stereocenters. The number of ether oxygens (including phenoxy) is 2. The minimum Gasteiger partial charge on any atom is -0.490 e. The van der Waals surface area contributed by atoms with Crippen molar-refractivity contribution in [2.24, 2.45) is 11.3 Å². The maximum absolute atomic E-state index is 12.5. The number of benzene rings is 1. The predicted octanol–water partition coefficient (Wildman–Crippen LogP) is 1.68. The summed E-state index contributed by atoms with van der Waals surface area (Å²) in [7, 11) is -2.89. The van der Waals surface area contributed by atoms with Gasteiger partial charge in [0, 0.05) is 24.4 Å². The molecule has 3 aliphatic rings. The zero-order chi connectivity index (χ0) is 17.5. The number of carbonyl (C=O) groups is 1. The van der Waals surface area contributed by atoms with Crippen molar-refractivity contribution in [1.29, 1.82) is 0 Å². The zero-order valence-corrected chi connectivity index (χ0v) is 14.9. The molecule has 4 rings (SSSR count). The Balaban J connectivity index is 1.38. The summed E-state index contributed by atoms with van der Waals surface area (Å²) in [6.07, 6.45) is 2.88. The van der Waals surface area contributed by atoms with E-state index in [1.807, 2.05) is 18.2 Å². The molecule has 1 spiro atoms. The summed E-state index contributed by atoms with van der Waals surface area (Å²) < 4.78 is 34.6. The third kappa shape index (κ3) is 3.34. The van der Waals surface area contributed by atoms with Gasteiger partial charge in [0.2, 0.25) is 5.91 Å². The van der Waals surface area contributed by atoms with Crippen LogP contribution in [0.4, 0.5) is 0 Å². The lowest BCUT2D eigenvalue weighted by Gasteiger charge is -2.22. The number of hydrogen-bond acceptors (Lipinski definition) is 5. The van der Waals surface area contributed by atoms with Crippen LogP contribution in [0.3, 0.4) is 0 Å². The molecule has 2 heterocycles. The van der Waals surface area contributed by atoms with Crippen molar-refractivity contribution < 1.29 is 22.7 Å². The normalized spacial score (nSPS) is 25.8. The number of amides is 1. The Hall–Kier alpha value is -1.76. The molecule has 1 saturated carbocycles. The summed E-state index contributed by atoms with van der Waals surface area (Å²) in [6, 6.07) is 5.72. The van der Waals surface area contributed by atoms with Crippen molar-refractivity contribution >= 4 is 15.7 Å². The first-order valence-electron chi connectivity index (χ1n) is 8.85. The number of hydrogen-bond donors (Lipinski definition) is 1. The van der Waals surface area contributed by atoms with Crippen LogP contribution in [0.2, 0.25) is 0 Å². The van der Waals surface area contributed by atoms with Gasteiger partial charge in [-0.1, -0.05) is 12.1 Å². The summed E-state index contributed by atoms with van der Waals surface area (Å²) in [4.78, 5) is 12.5. The van der Waals surface area contributed by atoms with E-state index in [9.17, 15) is 13.2 Å². The van der Waals surface area contributed by atoms with Crippen LogP contribution in [-0.2, 0) is 21.2 Å². The lowest BCUT2D eigenvalue weighted by molar-refractivity contribution is -0.123. The second-order valence-corrected chi connectivity index (χ2v) is 9.59. The van der Waals surface area contributed by atoms with E-state index in [2.05, 4.69) is 5.32 Å². The van der Waals surface area contributed by atoms with Crippen molar-refractivity contribution in [3.63, 3.8) is 0 Å². The highest BCUT2D eigenvalue weighted by molar-refractivity contribution is 7.91. The van der Waals surface area contributed by atoms with E-state index in [0.29, 0.717) is 32.6 Å². The van der Waals surface area contributed by atoms with Gasteiger partial charge in [0.25, 0.3) is 0 Å². The van der Waals surface area contributed by atoms with Gasteiger partial charge >= 0.3 is 0 Å². The topological polar surface area (TPSA) is 81.7 Å². The van der Waals surface area contributed by atoms with Crippen molar-refractivity contribution in [2.75, 3.05) is 24.7 Å². The molecule has 1 aliphatic carbocycles. The van der Waals surface area contributed by atoms with Crippen LogP contribution in [0.25, 0.3) is 0 Å². The summed E-state index contributed by atoms with van der Waals surface area (Å²) in [5, 5.41) is 3.00. The fourth-order valence-electron chi connectivity index (χ4n) is 3.91. The summed E-state index contributed by atoms with van der Waals surface area (Å²) in [5.41, 5.74) is 0.830. The molecule has 1 saturated heterocycles. The van der Waals surface area contributed by atoms with Gasteiger partial charge < -0.3 is 14.8 Å². The molecule has 0 radical (unpaired) electrons. The zero-order valence-electron chi connectivity index (χ0n) is 14.1. The monoisotopic (exact) mass is 365 g/mol. The van der Waals surface area contributed by atoms with Gasteiger partial charge in [-0.2, -0.15) is 0 Å². The molecule has 0 aromatic heterocycles. The first-order chi connectivity index (χ1) is 12.0. The van der Waals surface area contributed by atoms with Gasteiger partial charge in [-0.25, -0.2) is 8.42 Å². The molecule has 7 heteroatoms. The molecular weight excluding hydrogens is 342 g/mol. The Morgan fingerprint density at radius 2 is 1.96 bits per heavy atom. The molecule has 1 amide bonds. The van der Waals surface area contributed by atoms with Crippen LogP contribution in [0.15, 0.2) is 18.2 Å². The maximum atomic E-state index is 12.5. The second kappa shape index (κ2) is 6.20. The summed E-state index contributed by atoms with van der Waals surface area (Å²) in [6.45, 7) is 1.64. The van der Waals surface area contributed by atoms with Gasteiger partial charge in [0.1, 0.15) is 9.84 Å². The van der Waals surface area contributed by atoms with Crippen LogP contribution in [-0.4, -0.2) is 39.0 Å². The third-order valence-corrected chi connectivity index (χ3v) is 7.29. The highest BCUT2D eigenvalue weighted by atomic mass is 32.2. The van der Waals surface area contributed by atoms with Crippen LogP contribution in [0, 0.1) is 11.3 Å². The Labute approximate surface area is 147 Å². The van der Waals surface area contributed by atoms with Gasteiger partial charge in [0.05, 0.1) is 24.7 Å². The van der Waals surface area contributed by atoms with Gasteiger partial charge in [-0.3, -0.25) is 4.79 Å². The first-order valence-corrected chi connectivity index (χ1v) is 10.7. The van der Waals surface area contributed by atoms with E-state index >= 15 is 0 Å². The van der Waals surface area contributed by atoms with Crippen molar-refractivity contribution in [3.05, 3.63) is 23.8 Å². The molecule has 0 bridgehead atoms. The SMILES string of the molecule is O=C(NCc1cccc2c1OCCCO2)C1CC12CCS(=O)(=O)CC2. The minimum atomic E-state index is -2.89. The molecule has 25 heavy (non-hydrogen) atoms. The minimum absolute atomic E-state index is 0.0199. The van der Waals surface area contributed by atoms with E-state index in [0.717, 1.165) is 29.9 Å². The van der Waals surface area contributed by atoms with Crippen molar-refractivity contribution in [2.45, 2.75) is 32.2 Å². The van der Waals surface area contributed by atoms with E-state index in [-0.39, 0.29) is 28.7 Å². The number of fused-ring (bicyclic) bond motifs is 1. The highest BCUT2D eigenvalue weighted by Crippen LogP contribution is 2.59. The van der Waals surface area contributed by atoms with Crippen LogP contribution in [0.5, 0.6) is 11.5 Å². The van der Waals surface area contributed by atoms with E-state index in [1.165, 1.54) is 0 Å². The summed E-state index contributed by atoms with van der Waals surface area (Å²) in [5.74, 6) is 1.84. The van der Waals surface area contributed by atoms with E-state index in [1.54, 1.807) is 0 Å². The summed E-state index contributed by atoms with van der Waals surface area (Å²) >= 11 is 0. The molecular formula is C18H23NO5S. The largest absolute Gasteiger partial charge is 0.490 e. The van der Waals surface area contributed by atoms with Crippen LogP contribution >= 0.6 is 0 Å². The number of sulfone groups is 1. The maximum Gasteiger partial charge on any atom is 0.223 e. The molecule has 1 N–H and O–H groups in total. The number of para-hydroxylation sites is 1. The lowest BCUT2D eigenvalue weighted by atomic mass is 9.96. The third-order valence-electron chi connectivity index (χ3n) is 5.63. The Morgan fingerprint density at radius 1 is 1.20 bits per heavy atom. The smallest absolute Gasteiger partial charge is 0.223 e. The average Bonchev–Trinajstić information content (AvgIpc) is 3.35. The molecule has 2 aliphatic heterocycles. The molecule has 1 aromatic rings. The molecule has 1 aromatic carbocycles. The quantitative estimate of drug-likeness (QED) is 0.881. The standard InChI is InChI=1S/C18H23NO5S/c20-17(14-11-18(14)5-9-25(21,22)10-6-18)19-12-13-3-1-4-15-16(13)24-8-2-7-23-15/h1,3-4,14H,2,5-12H2,(H,19,20). The average molecular weight is 365 g/mol. The number of carbonyl (C=O) groups excluding carboxylic acids is 1. The van der Waals surface area contributed by atoms with Crippen LogP contribution in [0.1, 0.15) is 31.2 Å². The predicted molar refractivity (Wildman–Crippen MR) is 92.3 cm³/mol. The number of rotatable bonds is 3. The molecule has 136 valence electrons. The Morgan fingerprint density at radius 3 is 2.76 bits per heavy atom. The highest BCUT2D eigenvalue weighted by Gasteiger charge is 2.59. The fraction of sp³-hybridized carbons (Fsp3) is 0.611. The Kier molecular flexibility index (Phi) is 4.14.